The summed E-state index contributed by atoms with van der Waals surface area (Å²) < 4.78 is 41.4. The van der Waals surface area contributed by atoms with Crippen LogP contribution < -0.4 is 10.7 Å². The number of amides is 1. The number of carbonyl (C=O) groups is 1. The highest BCUT2D eigenvalue weighted by atomic mass is 19.4. The van der Waals surface area contributed by atoms with Crippen LogP contribution in [0.3, 0.4) is 0 Å². The third-order valence-electron chi connectivity index (χ3n) is 5.27. The lowest BCUT2D eigenvalue weighted by Gasteiger charge is -2.35. The van der Waals surface area contributed by atoms with E-state index >= 15 is 0 Å². The Kier molecular flexibility index (Phi) is 4.42. The monoisotopic (exact) mass is 387 g/mol. The molecule has 0 spiro atoms. The molecule has 2 aliphatic heterocycles. The first-order valence-electron chi connectivity index (χ1n) is 9.03. The van der Waals surface area contributed by atoms with Crippen LogP contribution in [0.4, 0.5) is 13.2 Å². The van der Waals surface area contributed by atoms with Crippen LogP contribution in [-0.4, -0.2) is 29.3 Å². The summed E-state index contributed by atoms with van der Waals surface area (Å²) in [5.41, 5.74) is 5.55. The maximum absolute atomic E-state index is 13.8. The van der Waals surface area contributed by atoms with Crippen LogP contribution in [0.5, 0.6) is 0 Å². The second kappa shape index (κ2) is 6.67. The van der Waals surface area contributed by atoms with Gasteiger partial charge in [0.1, 0.15) is 12.2 Å². The van der Waals surface area contributed by atoms with Crippen molar-refractivity contribution in [2.24, 2.45) is 0 Å². The van der Waals surface area contributed by atoms with Gasteiger partial charge in [-0.05, 0) is 25.0 Å². The molecule has 2 N–H and O–H groups in total. The van der Waals surface area contributed by atoms with Crippen molar-refractivity contribution in [3.63, 3.8) is 0 Å². The highest BCUT2D eigenvalue weighted by Crippen LogP contribution is 2.42. The lowest BCUT2D eigenvalue weighted by molar-refractivity contribution is -0.161. The van der Waals surface area contributed by atoms with Crippen LogP contribution in [0, 0.1) is 6.92 Å². The Balaban J connectivity index is 1.78. The molecule has 0 bridgehead atoms. The van der Waals surface area contributed by atoms with Crippen molar-refractivity contribution in [2.75, 3.05) is 0 Å². The number of aryl methyl sites for hydroxylation is 1. The van der Waals surface area contributed by atoms with Gasteiger partial charge in [0.2, 0.25) is 0 Å². The van der Waals surface area contributed by atoms with Crippen molar-refractivity contribution >= 4 is 11.5 Å². The van der Waals surface area contributed by atoms with E-state index in [1.807, 2.05) is 25.1 Å². The number of hydrogen-bond acceptors (Lipinski definition) is 3. The number of benzene rings is 2. The number of allylic oxidation sites excluding steroid dienone is 1. The summed E-state index contributed by atoms with van der Waals surface area (Å²) in [6.45, 7) is 3.64. The summed E-state index contributed by atoms with van der Waals surface area (Å²) in [6, 6.07) is 14.0. The number of alkyl halides is 3. The van der Waals surface area contributed by atoms with Gasteiger partial charge in [-0.2, -0.15) is 13.2 Å². The molecule has 4 rings (SSSR count). The summed E-state index contributed by atoms with van der Waals surface area (Å²) in [5.74, 6) is -1.42. The van der Waals surface area contributed by atoms with Gasteiger partial charge in [-0.15, -0.1) is 0 Å². The average molecular weight is 387 g/mol. The summed E-state index contributed by atoms with van der Waals surface area (Å²) >= 11 is 0. The highest BCUT2D eigenvalue weighted by Gasteiger charge is 2.57. The lowest BCUT2D eigenvalue weighted by Crippen LogP contribution is -2.54. The van der Waals surface area contributed by atoms with Gasteiger partial charge >= 0.3 is 6.18 Å². The molecule has 4 nitrogen and oxygen atoms in total. The minimum absolute atomic E-state index is 0.377. The molecule has 2 aromatic rings. The quantitative estimate of drug-likeness (QED) is 0.826. The molecule has 1 amide bonds. The van der Waals surface area contributed by atoms with Crippen molar-refractivity contribution in [1.29, 1.82) is 0 Å². The zero-order chi connectivity index (χ0) is 20.1. The SMILES string of the molecule is CC1=C(c2cccc(C)c2)C(=O)N2NC(C(F)(F)F)C(c3ccccc3)C2N1. The van der Waals surface area contributed by atoms with Crippen molar-refractivity contribution in [1.82, 2.24) is 15.8 Å². The Labute approximate surface area is 161 Å². The number of hydrazine groups is 1. The first-order valence-corrected chi connectivity index (χ1v) is 9.03. The maximum atomic E-state index is 13.8. The number of rotatable bonds is 2. The van der Waals surface area contributed by atoms with Crippen molar-refractivity contribution in [2.45, 2.75) is 38.1 Å². The predicted molar refractivity (Wildman–Crippen MR) is 99.7 cm³/mol. The van der Waals surface area contributed by atoms with Gasteiger partial charge in [-0.25, -0.2) is 10.4 Å². The van der Waals surface area contributed by atoms with E-state index in [1.165, 1.54) is 0 Å². The molecule has 3 atom stereocenters. The number of halogens is 3. The molecule has 28 heavy (non-hydrogen) atoms. The average Bonchev–Trinajstić information content (AvgIpc) is 3.02. The lowest BCUT2D eigenvalue weighted by atomic mass is 9.88. The van der Waals surface area contributed by atoms with E-state index in [1.54, 1.807) is 43.3 Å². The fourth-order valence-corrected chi connectivity index (χ4v) is 4.03. The second-order valence-corrected chi connectivity index (χ2v) is 7.22. The van der Waals surface area contributed by atoms with Gasteiger partial charge in [0, 0.05) is 5.70 Å². The standard InChI is InChI=1S/C21H20F3N3O/c1-12-7-6-10-15(11-12)16-13(2)25-19-17(14-8-4-3-5-9-14)18(21(22,23)24)26-27(19)20(16)28/h3-11,17-19,25-26H,1-2H3. The Morgan fingerprint density at radius 1 is 1.00 bits per heavy atom. The van der Waals surface area contributed by atoms with Crippen LogP contribution in [0.25, 0.3) is 5.57 Å². The van der Waals surface area contributed by atoms with Gasteiger partial charge in [-0.1, -0.05) is 60.2 Å². The van der Waals surface area contributed by atoms with Crippen LogP contribution >= 0.6 is 0 Å². The molecule has 0 saturated carbocycles. The topological polar surface area (TPSA) is 44.4 Å². The molecule has 0 aliphatic carbocycles. The van der Waals surface area contributed by atoms with E-state index in [-0.39, 0.29) is 0 Å². The van der Waals surface area contributed by atoms with E-state index < -0.39 is 30.2 Å². The van der Waals surface area contributed by atoms with Gasteiger partial charge in [0.15, 0.2) is 0 Å². The molecule has 146 valence electrons. The fraction of sp³-hybridized carbons (Fsp3) is 0.286. The van der Waals surface area contributed by atoms with E-state index in [9.17, 15) is 18.0 Å². The number of fused-ring (bicyclic) bond motifs is 1. The second-order valence-electron chi connectivity index (χ2n) is 7.22. The fourth-order valence-electron chi connectivity index (χ4n) is 4.03. The molecule has 1 saturated heterocycles. The van der Waals surface area contributed by atoms with Gasteiger partial charge in [0.25, 0.3) is 5.91 Å². The number of nitrogens with zero attached hydrogens (tertiary/aromatic N) is 1. The zero-order valence-corrected chi connectivity index (χ0v) is 15.4. The molecule has 2 aliphatic rings. The van der Waals surface area contributed by atoms with E-state index in [4.69, 9.17) is 0 Å². The highest BCUT2D eigenvalue weighted by molar-refractivity contribution is 6.21. The summed E-state index contributed by atoms with van der Waals surface area (Å²) in [6.07, 6.45) is -5.33. The van der Waals surface area contributed by atoms with Crippen molar-refractivity contribution in [3.05, 3.63) is 77.0 Å². The molecule has 2 heterocycles. The third kappa shape index (κ3) is 3.05. The van der Waals surface area contributed by atoms with Gasteiger partial charge < -0.3 is 5.32 Å². The van der Waals surface area contributed by atoms with E-state index in [2.05, 4.69) is 10.7 Å². The number of carbonyl (C=O) groups excluding carboxylic acids is 1. The molecular weight excluding hydrogens is 367 g/mol. The summed E-state index contributed by atoms with van der Waals surface area (Å²) in [4.78, 5) is 13.2. The number of nitrogens with one attached hydrogen (secondary N) is 2. The van der Waals surface area contributed by atoms with Crippen LogP contribution in [-0.2, 0) is 4.79 Å². The van der Waals surface area contributed by atoms with Crippen molar-refractivity contribution < 1.29 is 18.0 Å². The molecule has 1 fully saturated rings. The summed E-state index contributed by atoms with van der Waals surface area (Å²) in [5, 5.41) is 4.25. The largest absolute Gasteiger partial charge is 0.406 e. The molecule has 7 heteroatoms. The first kappa shape index (κ1) is 18.6. The van der Waals surface area contributed by atoms with E-state index in [0.29, 0.717) is 22.4 Å². The summed E-state index contributed by atoms with van der Waals surface area (Å²) in [7, 11) is 0. The minimum atomic E-state index is -4.50. The third-order valence-corrected chi connectivity index (χ3v) is 5.27. The van der Waals surface area contributed by atoms with Gasteiger partial charge in [-0.3, -0.25) is 4.79 Å². The predicted octanol–water partition coefficient (Wildman–Crippen LogP) is 3.72. The Morgan fingerprint density at radius 2 is 1.71 bits per heavy atom. The van der Waals surface area contributed by atoms with Crippen LogP contribution in [0.1, 0.15) is 29.5 Å². The van der Waals surface area contributed by atoms with Crippen LogP contribution in [0.15, 0.2) is 60.3 Å². The van der Waals surface area contributed by atoms with Gasteiger partial charge in [0.05, 0.1) is 11.5 Å². The molecule has 0 radical (unpaired) electrons. The smallest absolute Gasteiger partial charge is 0.366 e. The molecule has 2 aromatic carbocycles. The first-order chi connectivity index (χ1) is 13.3. The Morgan fingerprint density at radius 3 is 2.36 bits per heavy atom. The van der Waals surface area contributed by atoms with Crippen LogP contribution in [0.2, 0.25) is 0 Å². The Bertz CT molecular complexity index is 939. The normalized spacial score (nSPS) is 25.0. The van der Waals surface area contributed by atoms with Crippen molar-refractivity contribution in [3.8, 4) is 0 Å². The Hall–Kier alpha value is -2.80. The maximum Gasteiger partial charge on any atom is 0.406 e. The number of hydrogen-bond donors (Lipinski definition) is 2. The molecule has 0 aromatic heterocycles. The molecule has 3 unspecified atom stereocenters. The van der Waals surface area contributed by atoms with E-state index in [0.717, 1.165) is 10.6 Å². The molecular formula is C21H20F3N3O. The minimum Gasteiger partial charge on any atom is -0.366 e. The zero-order valence-electron chi connectivity index (χ0n) is 15.4.